The topological polar surface area (TPSA) is 46.6 Å². The Morgan fingerprint density at radius 1 is 1.41 bits per heavy atom. The van der Waals surface area contributed by atoms with Gasteiger partial charge in [-0.25, -0.2) is 8.42 Å². The standard InChI is InChI=1S/C11H21NO3S2/c1-2-17(13,14)12(10-5-7-16-9-10)8-11-4-3-6-15-11/h10-11H,2-9H2,1H3. The minimum absolute atomic E-state index is 0.113. The van der Waals surface area contributed by atoms with Crippen molar-refractivity contribution in [2.75, 3.05) is 30.4 Å². The van der Waals surface area contributed by atoms with Gasteiger partial charge in [0.15, 0.2) is 0 Å². The quantitative estimate of drug-likeness (QED) is 0.761. The first-order chi connectivity index (χ1) is 8.13. The molecule has 0 bridgehead atoms. The maximum absolute atomic E-state index is 12.1. The minimum atomic E-state index is -3.09. The van der Waals surface area contributed by atoms with Crippen LogP contribution in [0.5, 0.6) is 0 Å². The molecule has 0 N–H and O–H groups in total. The second-order valence-corrected chi connectivity index (χ2v) is 7.98. The summed E-state index contributed by atoms with van der Waals surface area (Å²) >= 11 is 1.85. The van der Waals surface area contributed by atoms with Crippen molar-refractivity contribution in [2.45, 2.75) is 38.3 Å². The van der Waals surface area contributed by atoms with E-state index in [9.17, 15) is 8.42 Å². The van der Waals surface area contributed by atoms with Gasteiger partial charge in [-0.2, -0.15) is 16.1 Å². The van der Waals surface area contributed by atoms with Gasteiger partial charge in [0, 0.05) is 24.9 Å². The van der Waals surface area contributed by atoms with Crippen LogP contribution >= 0.6 is 11.8 Å². The van der Waals surface area contributed by atoms with E-state index in [4.69, 9.17) is 4.74 Å². The van der Waals surface area contributed by atoms with Crippen molar-refractivity contribution in [1.29, 1.82) is 0 Å². The van der Waals surface area contributed by atoms with E-state index in [0.717, 1.165) is 37.4 Å². The summed E-state index contributed by atoms with van der Waals surface area (Å²) in [6.07, 6.45) is 3.15. The van der Waals surface area contributed by atoms with Gasteiger partial charge in [0.2, 0.25) is 10.0 Å². The first-order valence-electron chi connectivity index (χ1n) is 6.32. The largest absolute Gasteiger partial charge is 0.377 e. The second kappa shape index (κ2) is 5.91. The van der Waals surface area contributed by atoms with Crippen LogP contribution in [0.3, 0.4) is 0 Å². The molecule has 0 aromatic carbocycles. The van der Waals surface area contributed by atoms with Gasteiger partial charge in [-0.3, -0.25) is 0 Å². The normalized spacial score (nSPS) is 30.2. The predicted molar refractivity (Wildman–Crippen MR) is 70.9 cm³/mol. The number of sulfonamides is 1. The van der Waals surface area contributed by atoms with Crippen molar-refractivity contribution >= 4 is 21.8 Å². The fraction of sp³-hybridized carbons (Fsp3) is 1.00. The van der Waals surface area contributed by atoms with Crippen molar-refractivity contribution in [2.24, 2.45) is 0 Å². The molecule has 6 heteroatoms. The summed E-state index contributed by atoms with van der Waals surface area (Å²) in [5, 5.41) is 0. The van der Waals surface area contributed by atoms with Gasteiger partial charge < -0.3 is 4.74 Å². The van der Waals surface area contributed by atoms with Crippen LogP contribution in [0.1, 0.15) is 26.2 Å². The maximum Gasteiger partial charge on any atom is 0.214 e. The fourth-order valence-corrected chi connectivity index (χ4v) is 5.07. The summed E-state index contributed by atoms with van der Waals surface area (Å²) in [5.74, 6) is 2.21. The Kier molecular flexibility index (Phi) is 4.74. The third kappa shape index (κ3) is 3.36. The van der Waals surface area contributed by atoms with E-state index in [-0.39, 0.29) is 17.9 Å². The van der Waals surface area contributed by atoms with Gasteiger partial charge in [-0.15, -0.1) is 0 Å². The minimum Gasteiger partial charge on any atom is -0.377 e. The molecule has 2 aliphatic heterocycles. The molecule has 2 aliphatic rings. The molecule has 4 nitrogen and oxygen atoms in total. The second-order valence-electron chi connectivity index (χ2n) is 4.62. The fourth-order valence-electron chi connectivity index (χ4n) is 2.39. The summed E-state index contributed by atoms with van der Waals surface area (Å²) in [6, 6.07) is 0.189. The maximum atomic E-state index is 12.1. The lowest BCUT2D eigenvalue weighted by molar-refractivity contribution is 0.0878. The SMILES string of the molecule is CCS(=O)(=O)N(CC1CCCO1)C1CCSC1. The van der Waals surface area contributed by atoms with Crippen LogP contribution in [0.4, 0.5) is 0 Å². The molecule has 0 aromatic heterocycles. The Hall–Kier alpha value is 0.220. The van der Waals surface area contributed by atoms with Crippen LogP contribution in [-0.4, -0.2) is 55.3 Å². The highest BCUT2D eigenvalue weighted by molar-refractivity contribution is 7.99. The predicted octanol–water partition coefficient (Wildman–Crippen LogP) is 1.32. The van der Waals surface area contributed by atoms with E-state index < -0.39 is 10.0 Å². The summed E-state index contributed by atoms with van der Waals surface area (Å²) in [7, 11) is -3.09. The van der Waals surface area contributed by atoms with Crippen molar-refractivity contribution < 1.29 is 13.2 Å². The van der Waals surface area contributed by atoms with Crippen LogP contribution in [-0.2, 0) is 14.8 Å². The van der Waals surface area contributed by atoms with Gasteiger partial charge in [0.05, 0.1) is 11.9 Å². The number of rotatable bonds is 5. The molecule has 0 saturated carbocycles. The van der Waals surface area contributed by atoms with E-state index in [1.165, 1.54) is 0 Å². The molecule has 2 heterocycles. The van der Waals surface area contributed by atoms with E-state index in [2.05, 4.69) is 0 Å². The Morgan fingerprint density at radius 2 is 2.24 bits per heavy atom. The number of hydrogen-bond acceptors (Lipinski definition) is 4. The number of hydrogen-bond donors (Lipinski definition) is 0. The number of thioether (sulfide) groups is 1. The van der Waals surface area contributed by atoms with Crippen molar-refractivity contribution in [3.8, 4) is 0 Å². The smallest absolute Gasteiger partial charge is 0.214 e. The van der Waals surface area contributed by atoms with Crippen molar-refractivity contribution in [3.63, 3.8) is 0 Å². The van der Waals surface area contributed by atoms with Gasteiger partial charge >= 0.3 is 0 Å². The lowest BCUT2D eigenvalue weighted by Crippen LogP contribution is -2.45. The Bertz CT molecular complexity index is 333. The molecule has 0 aromatic rings. The zero-order valence-corrected chi connectivity index (χ0v) is 11.9. The third-order valence-electron chi connectivity index (χ3n) is 3.44. The molecule has 0 amide bonds. The molecule has 2 unspecified atom stereocenters. The average Bonchev–Trinajstić information content (AvgIpc) is 2.98. The van der Waals surface area contributed by atoms with Gasteiger partial charge in [-0.1, -0.05) is 0 Å². The molecule has 2 rings (SSSR count). The monoisotopic (exact) mass is 279 g/mol. The third-order valence-corrected chi connectivity index (χ3v) is 6.48. The number of nitrogens with zero attached hydrogens (tertiary/aromatic N) is 1. The Labute approximate surface area is 108 Å². The highest BCUT2D eigenvalue weighted by atomic mass is 32.2. The van der Waals surface area contributed by atoms with E-state index in [1.807, 2.05) is 11.8 Å². The summed E-state index contributed by atoms with van der Waals surface area (Å²) in [5.41, 5.74) is 0. The summed E-state index contributed by atoms with van der Waals surface area (Å²) in [4.78, 5) is 0. The molecule has 2 fully saturated rings. The zero-order chi connectivity index (χ0) is 12.3. The molecule has 2 saturated heterocycles. The molecular weight excluding hydrogens is 258 g/mol. The molecule has 0 aliphatic carbocycles. The zero-order valence-electron chi connectivity index (χ0n) is 10.3. The first kappa shape index (κ1) is 13.6. The summed E-state index contributed by atoms with van der Waals surface area (Å²) < 4.78 is 31.6. The van der Waals surface area contributed by atoms with E-state index >= 15 is 0 Å². The molecular formula is C11H21NO3S2. The molecule has 0 spiro atoms. The van der Waals surface area contributed by atoms with Crippen molar-refractivity contribution in [1.82, 2.24) is 4.31 Å². The Balaban J connectivity index is 2.05. The first-order valence-corrected chi connectivity index (χ1v) is 9.08. The number of ether oxygens (including phenoxy) is 1. The summed E-state index contributed by atoms with van der Waals surface area (Å²) in [6.45, 7) is 3.06. The van der Waals surface area contributed by atoms with Crippen LogP contribution in [0.2, 0.25) is 0 Å². The van der Waals surface area contributed by atoms with Crippen LogP contribution in [0, 0.1) is 0 Å². The van der Waals surface area contributed by atoms with Crippen LogP contribution in [0.25, 0.3) is 0 Å². The lowest BCUT2D eigenvalue weighted by Gasteiger charge is -2.29. The lowest BCUT2D eigenvalue weighted by atomic mass is 10.2. The van der Waals surface area contributed by atoms with Gasteiger partial charge in [-0.05, 0) is 31.9 Å². The average molecular weight is 279 g/mol. The molecule has 100 valence electrons. The molecule has 0 radical (unpaired) electrons. The molecule has 2 atom stereocenters. The highest BCUT2D eigenvalue weighted by Crippen LogP contribution is 2.26. The highest BCUT2D eigenvalue weighted by Gasteiger charge is 2.34. The van der Waals surface area contributed by atoms with E-state index in [1.54, 1.807) is 11.2 Å². The van der Waals surface area contributed by atoms with Crippen LogP contribution in [0.15, 0.2) is 0 Å². The molecule has 17 heavy (non-hydrogen) atoms. The van der Waals surface area contributed by atoms with Crippen molar-refractivity contribution in [3.05, 3.63) is 0 Å². The van der Waals surface area contributed by atoms with Gasteiger partial charge in [0.25, 0.3) is 0 Å². The van der Waals surface area contributed by atoms with Crippen LogP contribution < -0.4 is 0 Å². The van der Waals surface area contributed by atoms with E-state index in [0.29, 0.717) is 6.54 Å². The van der Waals surface area contributed by atoms with Gasteiger partial charge in [0.1, 0.15) is 0 Å². The Morgan fingerprint density at radius 3 is 2.76 bits per heavy atom.